The van der Waals surface area contributed by atoms with Gasteiger partial charge in [0, 0.05) is 0 Å². The van der Waals surface area contributed by atoms with Crippen LogP contribution in [-0.2, 0) is 21.7 Å². The Morgan fingerprint density at radius 2 is 1.08 bits per heavy atom. The van der Waals surface area contributed by atoms with Crippen molar-refractivity contribution in [3.63, 3.8) is 0 Å². The molecule has 25 heavy (non-hydrogen) atoms. The van der Waals surface area contributed by atoms with Crippen molar-refractivity contribution in [1.82, 2.24) is 0 Å². The maximum Gasteiger partial charge on any atom is 4.00 e. The topological polar surface area (TPSA) is 0 Å². The second-order valence-corrected chi connectivity index (χ2v) is 5.80. The van der Waals surface area contributed by atoms with E-state index in [0.717, 1.165) is 0 Å². The molecule has 3 rings (SSSR count). The molecule has 0 heterocycles. The molecule has 0 aromatic heterocycles. The van der Waals surface area contributed by atoms with Crippen LogP contribution in [0.1, 0.15) is 39.3 Å². The summed E-state index contributed by atoms with van der Waals surface area (Å²) in [5, 5.41) is 0. The van der Waals surface area contributed by atoms with Crippen LogP contribution in [0.4, 0.5) is 0 Å². The average Bonchev–Trinajstić information content (AvgIpc) is 2.76. The monoisotopic (exact) mass is 426 g/mol. The molecule has 0 atom stereocenters. The predicted molar refractivity (Wildman–Crippen MR) is 90.1 cm³/mol. The van der Waals surface area contributed by atoms with E-state index in [-0.39, 0.29) is 58.9 Å². The van der Waals surface area contributed by atoms with Gasteiger partial charge in [0.25, 0.3) is 0 Å². The molecule has 0 aliphatic carbocycles. The summed E-state index contributed by atoms with van der Waals surface area (Å²) in [6, 6.07) is 23.9. The quantitative estimate of drug-likeness (QED) is 0.301. The van der Waals surface area contributed by atoms with Gasteiger partial charge >= 0.3 is 21.7 Å². The second kappa shape index (κ2) is 11.9. The van der Waals surface area contributed by atoms with Crippen molar-refractivity contribution in [2.24, 2.45) is 0 Å². The van der Waals surface area contributed by atoms with Gasteiger partial charge < -0.3 is 37.2 Å². The minimum Gasteiger partial charge on any atom is -1.00 e. The number of rotatable bonds is 3. The number of hydrogen-bond donors (Lipinski definition) is 0. The van der Waals surface area contributed by atoms with Crippen LogP contribution in [0.25, 0.3) is 0 Å². The summed E-state index contributed by atoms with van der Waals surface area (Å²) in [6.07, 6.45) is 0. The van der Waals surface area contributed by atoms with E-state index in [1.165, 1.54) is 33.4 Å². The van der Waals surface area contributed by atoms with Crippen LogP contribution in [0.3, 0.4) is 0 Å². The van der Waals surface area contributed by atoms with Crippen molar-refractivity contribution in [2.75, 3.05) is 0 Å². The molecule has 0 nitrogen and oxygen atoms in total. The Labute approximate surface area is 184 Å². The number of halogens is 3. The standard InChI is InChI=1S/C21H21.3ClH.Ti/c1-15-14-16(2)20(17(15)3)21(18-10-6-4-7-11-18)19-12-8-5-9-13-19;;;;/h4-14,21H,1-3H3;3*1H;/q-1;;;;+4/p-3. The van der Waals surface area contributed by atoms with Crippen molar-refractivity contribution >= 4 is 0 Å². The molecule has 0 N–H and O–H groups in total. The maximum atomic E-state index is 2.31. The van der Waals surface area contributed by atoms with Gasteiger partial charge in [0.15, 0.2) is 0 Å². The zero-order valence-corrected chi connectivity index (χ0v) is 18.4. The molecule has 0 fully saturated rings. The van der Waals surface area contributed by atoms with Gasteiger partial charge in [0.05, 0.1) is 0 Å². The fraction of sp³-hybridized carbons (Fsp3) is 0.190. The number of hydrogen-bond acceptors (Lipinski definition) is 0. The third-order valence-corrected chi connectivity index (χ3v) is 4.41. The molecule has 3 aromatic rings. The van der Waals surface area contributed by atoms with Gasteiger partial charge in [-0.3, -0.25) is 0 Å². The Morgan fingerprint density at radius 1 is 0.680 bits per heavy atom. The van der Waals surface area contributed by atoms with Crippen LogP contribution in [0.5, 0.6) is 0 Å². The first-order chi connectivity index (χ1) is 10.2. The zero-order chi connectivity index (χ0) is 14.8. The first-order valence-corrected chi connectivity index (χ1v) is 7.51. The van der Waals surface area contributed by atoms with E-state index in [2.05, 4.69) is 87.5 Å². The van der Waals surface area contributed by atoms with Gasteiger partial charge in [0.2, 0.25) is 0 Å². The van der Waals surface area contributed by atoms with E-state index < -0.39 is 0 Å². The Bertz CT molecular complexity index is 697. The van der Waals surface area contributed by atoms with Crippen LogP contribution in [0, 0.1) is 20.8 Å². The second-order valence-electron chi connectivity index (χ2n) is 5.80. The zero-order valence-electron chi connectivity index (χ0n) is 14.6. The van der Waals surface area contributed by atoms with Crippen LogP contribution < -0.4 is 37.2 Å². The van der Waals surface area contributed by atoms with Gasteiger partial charge in [-0.2, -0.15) is 16.7 Å². The third kappa shape index (κ3) is 5.68. The molecule has 0 bridgehead atoms. The molecule has 3 aromatic carbocycles. The molecular weight excluding hydrogens is 406 g/mol. The molecule has 0 amide bonds. The van der Waals surface area contributed by atoms with Crippen LogP contribution in [0.15, 0.2) is 66.7 Å². The van der Waals surface area contributed by atoms with E-state index in [1.54, 1.807) is 0 Å². The van der Waals surface area contributed by atoms with Crippen LogP contribution in [-0.4, -0.2) is 0 Å². The van der Waals surface area contributed by atoms with Crippen molar-refractivity contribution in [2.45, 2.75) is 26.7 Å². The van der Waals surface area contributed by atoms with Crippen molar-refractivity contribution in [3.8, 4) is 0 Å². The first kappa shape index (κ1) is 26.6. The van der Waals surface area contributed by atoms with E-state index >= 15 is 0 Å². The summed E-state index contributed by atoms with van der Waals surface area (Å²) >= 11 is 0. The summed E-state index contributed by atoms with van der Waals surface area (Å²) < 4.78 is 0. The predicted octanol–water partition coefficient (Wildman–Crippen LogP) is -3.48. The van der Waals surface area contributed by atoms with Crippen molar-refractivity contribution in [3.05, 3.63) is 100 Å². The van der Waals surface area contributed by atoms with E-state index in [1.807, 2.05) is 0 Å². The summed E-state index contributed by atoms with van der Waals surface area (Å²) in [6.45, 7) is 6.68. The molecule has 0 spiro atoms. The van der Waals surface area contributed by atoms with Gasteiger partial charge in [-0.25, -0.2) is 6.07 Å². The van der Waals surface area contributed by atoms with E-state index in [0.29, 0.717) is 5.92 Å². The Hall–Kier alpha value is -0.626. The molecule has 0 radical (unpaired) electrons. The Morgan fingerprint density at radius 3 is 1.40 bits per heavy atom. The van der Waals surface area contributed by atoms with E-state index in [9.17, 15) is 0 Å². The molecule has 4 heteroatoms. The average molecular weight is 428 g/mol. The summed E-state index contributed by atoms with van der Waals surface area (Å²) in [7, 11) is 0. The normalized spacial score (nSPS) is 9.28. The summed E-state index contributed by atoms with van der Waals surface area (Å²) in [5.41, 5.74) is 8.39. The molecule has 130 valence electrons. The number of aryl methyl sites for hydroxylation is 2. The smallest absolute Gasteiger partial charge is 1.00 e. The van der Waals surface area contributed by atoms with Gasteiger partial charge in [-0.05, 0) is 17.0 Å². The largest absolute Gasteiger partial charge is 4.00 e. The molecule has 0 aliphatic heterocycles. The van der Waals surface area contributed by atoms with Crippen LogP contribution in [0.2, 0.25) is 0 Å². The minimum absolute atomic E-state index is 0. The maximum absolute atomic E-state index is 2.31. The fourth-order valence-corrected chi connectivity index (χ4v) is 3.28. The fourth-order valence-electron chi connectivity index (χ4n) is 3.28. The van der Waals surface area contributed by atoms with Crippen molar-refractivity contribution < 1.29 is 58.9 Å². The first-order valence-electron chi connectivity index (χ1n) is 7.51. The van der Waals surface area contributed by atoms with Crippen LogP contribution >= 0.6 is 0 Å². The molecular formula is C21H21Cl3Ti. The van der Waals surface area contributed by atoms with Gasteiger partial charge in [-0.1, -0.05) is 81.4 Å². The molecule has 0 unspecified atom stereocenters. The molecule has 0 aliphatic rings. The molecule has 0 saturated heterocycles. The van der Waals surface area contributed by atoms with Gasteiger partial charge in [0.1, 0.15) is 0 Å². The molecule has 0 saturated carbocycles. The van der Waals surface area contributed by atoms with Crippen molar-refractivity contribution in [1.29, 1.82) is 0 Å². The SMILES string of the molecule is Cc1cc(C)[c-](C(c2ccccc2)c2ccccc2)c1C.[Cl-].[Cl-].[Cl-].[Ti+4]. The summed E-state index contributed by atoms with van der Waals surface area (Å²) in [4.78, 5) is 0. The van der Waals surface area contributed by atoms with E-state index in [4.69, 9.17) is 0 Å². The van der Waals surface area contributed by atoms with Gasteiger partial charge in [-0.15, -0.1) is 5.56 Å². The third-order valence-electron chi connectivity index (χ3n) is 4.41. The minimum atomic E-state index is 0. The Balaban J connectivity index is 0. The number of benzene rings is 2. The summed E-state index contributed by atoms with van der Waals surface area (Å²) in [5.74, 6) is 0.320. The Kier molecular flexibility index (Phi) is 12.6.